The third-order valence-electron chi connectivity index (χ3n) is 2.32. The summed E-state index contributed by atoms with van der Waals surface area (Å²) in [5.74, 6) is 0.263. The number of hydrogen-bond acceptors (Lipinski definition) is 3. The van der Waals surface area contributed by atoms with Crippen molar-refractivity contribution in [3.63, 3.8) is 0 Å². The summed E-state index contributed by atoms with van der Waals surface area (Å²) in [5, 5.41) is 3.04. The lowest BCUT2D eigenvalue weighted by Gasteiger charge is -2.06. The number of rotatable bonds is 8. The van der Waals surface area contributed by atoms with Gasteiger partial charge in [-0.3, -0.25) is 0 Å². The Morgan fingerprint density at radius 2 is 1.62 bits per heavy atom. The van der Waals surface area contributed by atoms with E-state index in [9.17, 15) is 8.42 Å². The number of nitrogens with one attached hydrogen (secondary N) is 1. The minimum atomic E-state index is -2.87. The van der Waals surface area contributed by atoms with Gasteiger partial charge in [0.25, 0.3) is 0 Å². The van der Waals surface area contributed by atoms with Crippen LogP contribution >= 0.6 is 0 Å². The van der Waals surface area contributed by atoms with Gasteiger partial charge in [0.05, 0.1) is 11.0 Å². The van der Waals surface area contributed by atoms with E-state index in [0.29, 0.717) is 12.5 Å². The van der Waals surface area contributed by atoms with Gasteiger partial charge in [-0.25, -0.2) is 8.42 Å². The molecule has 3 nitrogen and oxygen atoms in total. The molecular weight excluding hydrogens is 222 g/mol. The van der Waals surface area contributed by atoms with Gasteiger partial charge in [0.2, 0.25) is 0 Å². The van der Waals surface area contributed by atoms with Crippen LogP contribution in [0.5, 0.6) is 0 Å². The average molecular weight is 247 g/mol. The Morgan fingerprint density at radius 1 is 1.06 bits per heavy atom. The highest BCUT2D eigenvalue weighted by molar-refractivity contribution is 7.91. The van der Waals surface area contributed by atoms with E-state index in [4.69, 9.17) is 0 Å². The van der Waals surface area contributed by atoms with Gasteiger partial charge in [-0.1, -0.05) is 26.0 Å². The van der Waals surface area contributed by atoms with Crippen LogP contribution in [0.2, 0.25) is 0 Å². The first-order valence-electron chi connectivity index (χ1n) is 5.96. The van der Waals surface area contributed by atoms with Gasteiger partial charge in [0.15, 0.2) is 9.84 Å². The van der Waals surface area contributed by atoms with Gasteiger partial charge in [-0.2, -0.15) is 0 Å². The molecule has 96 valence electrons. The number of allylic oxidation sites excluding steroid dienone is 1. The van der Waals surface area contributed by atoms with Crippen LogP contribution in [0.4, 0.5) is 0 Å². The van der Waals surface area contributed by atoms with E-state index in [2.05, 4.69) is 19.2 Å². The molecule has 0 aromatic heterocycles. The second-order valence-corrected chi connectivity index (χ2v) is 7.25. The van der Waals surface area contributed by atoms with E-state index in [1.807, 2.05) is 12.2 Å². The molecule has 0 rings (SSSR count). The quantitative estimate of drug-likeness (QED) is 0.528. The molecule has 0 saturated heterocycles. The Balaban J connectivity index is 3.63. The average Bonchev–Trinajstić information content (AvgIpc) is 2.15. The molecule has 16 heavy (non-hydrogen) atoms. The molecule has 0 aromatic rings. The summed E-state index contributed by atoms with van der Waals surface area (Å²) >= 11 is 0. The third kappa shape index (κ3) is 7.88. The summed E-state index contributed by atoms with van der Waals surface area (Å²) in [5.41, 5.74) is 0. The lowest BCUT2D eigenvalue weighted by Crippen LogP contribution is -2.23. The van der Waals surface area contributed by atoms with Crippen LogP contribution in [0.3, 0.4) is 0 Å². The Labute approximate surface area is 100 Å². The first-order valence-corrected chi connectivity index (χ1v) is 7.67. The molecule has 0 radical (unpaired) electrons. The Kier molecular flexibility index (Phi) is 7.68. The summed E-state index contributed by atoms with van der Waals surface area (Å²) in [4.78, 5) is 0. The molecule has 0 amide bonds. The SMILES string of the molecule is CC(C)NCC/C=C/CCS(=O)(=O)C(C)C. The smallest absolute Gasteiger partial charge is 0.152 e. The summed E-state index contributed by atoms with van der Waals surface area (Å²) in [6.07, 6.45) is 5.59. The van der Waals surface area contributed by atoms with Crippen LogP contribution < -0.4 is 5.32 Å². The van der Waals surface area contributed by atoms with Crippen molar-refractivity contribution >= 4 is 9.84 Å². The largest absolute Gasteiger partial charge is 0.314 e. The van der Waals surface area contributed by atoms with Crippen molar-refractivity contribution in [3.8, 4) is 0 Å². The third-order valence-corrected chi connectivity index (χ3v) is 4.56. The molecule has 0 spiro atoms. The van der Waals surface area contributed by atoms with Gasteiger partial charge in [-0.15, -0.1) is 0 Å². The van der Waals surface area contributed by atoms with Crippen molar-refractivity contribution in [2.24, 2.45) is 0 Å². The normalized spacial score (nSPS) is 13.1. The topological polar surface area (TPSA) is 46.2 Å². The fourth-order valence-electron chi connectivity index (χ4n) is 1.16. The Morgan fingerprint density at radius 3 is 2.12 bits per heavy atom. The predicted molar refractivity (Wildman–Crippen MR) is 70.4 cm³/mol. The predicted octanol–water partition coefficient (Wildman–Crippen LogP) is 2.14. The first-order chi connectivity index (χ1) is 7.36. The van der Waals surface area contributed by atoms with Crippen LogP contribution in [-0.2, 0) is 9.84 Å². The van der Waals surface area contributed by atoms with E-state index >= 15 is 0 Å². The van der Waals surface area contributed by atoms with Crippen molar-refractivity contribution < 1.29 is 8.42 Å². The molecular formula is C12H25NO2S. The van der Waals surface area contributed by atoms with Gasteiger partial charge in [0.1, 0.15) is 0 Å². The minimum absolute atomic E-state index is 0.261. The van der Waals surface area contributed by atoms with E-state index in [1.165, 1.54) is 0 Å². The molecule has 0 aromatic carbocycles. The highest BCUT2D eigenvalue weighted by Gasteiger charge is 2.13. The molecule has 0 aliphatic carbocycles. The molecule has 0 bridgehead atoms. The fourth-order valence-corrected chi connectivity index (χ4v) is 2.10. The molecule has 0 fully saturated rings. The molecule has 1 N–H and O–H groups in total. The van der Waals surface area contributed by atoms with E-state index in [0.717, 1.165) is 13.0 Å². The maximum Gasteiger partial charge on any atom is 0.152 e. The monoisotopic (exact) mass is 247 g/mol. The zero-order valence-corrected chi connectivity index (χ0v) is 11.7. The Bertz CT molecular complexity index is 292. The number of sulfone groups is 1. The number of hydrogen-bond donors (Lipinski definition) is 1. The summed E-state index contributed by atoms with van der Waals surface area (Å²) in [6.45, 7) is 8.63. The van der Waals surface area contributed by atoms with E-state index in [-0.39, 0.29) is 11.0 Å². The van der Waals surface area contributed by atoms with Crippen molar-refractivity contribution in [3.05, 3.63) is 12.2 Å². The summed E-state index contributed by atoms with van der Waals surface area (Å²) < 4.78 is 22.9. The van der Waals surface area contributed by atoms with Crippen molar-refractivity contribution in [1.29, 1.82) is 0 Å². The Hall–Kier alpha value is -0.350. The van der Waals surface area contributed by atoms with Crippen LogP contribution in [0.15, 0.2) is 12.2 Å². The maximum absolute atomic E-state index is 11.5. The van der Waals surface area contributed by atoms with Crippen LogP contribution in [0.1, 0.15) is 40.5 Å². The second-order valence-electron chi connectivity index (χ2n) is 4.57. The van der Waals surface area contributed by atoms with Gasteiger partial charge in [-0.05, 0) is 33.2 Å². The molecule has 0 heterocycles. The molecule has 0 aliphatic heterocycles. The van der Waals surface area contributed by atoms with E-state index in [1.54, 1.807) is 13.8 Å². The van der Waals surface area contributed by atoms with Gasteiger partial charge >= 0.3 is 0 Å². The molecule has 0 aliphatic rings. The lowest BCUT2D eigenvalue weighted by atomic mass is 10.3. The van der Waals surface area contributed by atoms with Crippen molar-refractivity contribution in [2.45, 2.75) is 51.8 Å². The minimum Gasteiger partial charge on any atom is -0.314 e. The lowest BCUT2D eigenvalue weighted by molar-refractivity contribution is 0.587. The van der Waals surface area contributed by atoms with Crippen LogP contribution in [0.25, 0.3) is 0 Å². The zero-order chi connectivity index (χ0) is 12.6. The first kappa shape index (κ1) is 15.7. The highest BCUT2D eigenvalue weighted by Crippen LogP contribution is 2.03. The fraction of sp³-hybridized carbons (Fsp3) is 0.833. The van der Waals surface area contributed by atoms with Crippen molar-refractivity contribution in [2.75, 3.05) is 12.3 Å². The second kappa shape index (κ2) is 7.85. The van der Waals surface area contributed by atoms with Crippen molar-refractivity contribution in [1.82, 2.24) is 5.32 Å². The molecule has 0 unspecified atom stereocenters. The molecule has 0 saturated carbocycles. The zero-order valence-electron chi connectivity index (χ0n) is 10.9. The molecule has 0 atom stereocenters. The standard InChI is InChI=1S/C12H25NO2S/c1-11(2)13-9-7-5-6-8-10-16(14,15)12(3)4/h5-6,11-13H,7-10H2,1-4H3/b6-5+. The highest BCUT2D eigenvalue weighted by atomic mass is 32.2. The van der Waals surface area contributed by atoms with Crippen LogP contribution in [0, 0.1) is 0 Å². The van der Waals surface area contributed by atoms with Gasteiger partial charge in [0, 0.05) is 6.04 Å². The molecule has 4 heteroatoms. The van der Waals surface area contributed by atoms with E-state index < -0.39 is 9.84 Å². The van der Waals surface area contributed by atoms with Crippen LogP contribution in [-0.4, -0.2) is 32.0 Å². The maximum atomic E-state index is 11.5. The summed E-state index contributed by atoms with van der Waals surface area (Å²) in [6, 6.07) is 0.509. The van der Waals surface area contributed by atoms with Gasteiger partial charge < -0.3 is 5.32 Å². The summed E-state index contributed by atoms with van der Waals surface area (Å²) in [7, 11) is -2.87.